The molecule has 0 spiro atoms. The first-order chi connectivity index (χ1) is 10.1. The Kier molecular flexibility index (Phi) is 4.82. The Labute approximate surface area is 123 Å². The Bertz CT molecular complexity index is 663. The third-order valence-electron chi connectivity index (χ3n) is 2.97. The molecule has 2 aromatic carbocycles. The van der Waals surface area contributed by atoms with Crippen molar-refractivity contribution < 1.29 is 13.9 Å². The lowest BCUT2D eigenvalue weighted by atomic mass is 10.1. The van der Waals surface area contributed by atoms with Gasteiger partial charge in [0.25, 0.3) is 0 Å². The van der Waals surface area contributed by atoms with Crippen molar-refractivity contribution in [2.45, 2.75) is 13.8 Å². The zero-order valence-electron chi connectivity index (χ0n) is 12.0. The topological polar surface area (TPSA) is 38.7 Å². The number of aryl methyl sites for hydroxylation is 1. The Hall–Kier alpha value is -2.49. The summed E-state index contributed by atoms with van der Waals surface area (Å²) in [6.45, 7) is 4.00. The molecule has 0 unspecified atom stereocenters. The van der Waals surface area contributed by atoms with Gasteiger partial charge in [0.2, 0.25) is 0 Å². The van der Waals surface area contributed by atoms with Crippen molar-refractivity contribution in [3.63, 3.8) is 0 Å². The fourth-order valence-electron chi connectivity index (χ4n) is 1.79. The molecule has 0 fully saturated rings. The molecule has 3 nitrogen and oxygen atoms in total. The SMILES string of the molecule is CCOC(=O)c1ccc(/N=C/c2cc(F)ccc2C)cc1. The maximum atomic E-state index is 13.2. The highest BCUT2D eigenvalue weighted by Crippen LogP contribution is 2.15. The van der Waals surface area contributed by atoms with Gasteiger partial charge in [-0.3, -0.25) is 4.99 Å². The summed E-state index contributed by atoms with van der Waals surface area (Å²) < 4.78 is 18.1. The minimum Gasteiger partial charge on any atom is -0.462 e. The molecule has 0 aromatic heterocycles. The fraction of sp³-hybridized carbons (Fsp3) is 0.176. The summed E-state index contributed by atoms with van der Waals surface area (Å²) in [5.41, 5.74) is 2.84. The van der Waals surface area contributed by atoms with Crippen LogP contribution in [0.5, 0.6) is 0 Å². The Morgan fingerprint density at radius 2 is 1.95 bits per heavy atom. The maximum absolute atomic E-state index is 13.2. The largest absolute Gasteiger partial charge is 0.462 e. The number of hydrogen-bond donors (Lipinski definition) is 0. The summed E-state index contributed by atoms with van der Waals surface area (Å²) in [6.07, 6.45) is 1.61. The van der Waals surface area contributed by atoms with E-state index in [1.54, 1.807) is 43.5 Å². The highest BCUT2D eigenvalue weighted by atomic mass is 19.1. The van der Waals surface area contributed by atoms with Crippen molar-refractivity contribution in [1.29, 1.82) is 0 Å². The number of rotatable bonds is 4. The van der Waals surface area contributed by atoms with Crippen LogP contribution in [0.25, 0.3) is 0 Å². The number of aliphatic imine (C=N–C) groups is 1. The van der Waals surface area contributed by atoms with Gasteiger partial charge in [-0.1, -0.05) is 6.07 Å². The van der Waals surface area contributed by atoms with E-state index in [0.29, 0.717) is 17.9 Å². The second-order valence-corrected chi connectivity index (χ2v) is 4.53. The van der Waals surface area contributed by atoms with Crippen LogP contribution in [-0.2, 0) is 4.74 Å². The van der Waals surface area contributed by atoms with Gasteiger partial charge >= 0.3 is 5.97 Å². The van der Waals surface area contributed by atoms with Crippen LogP contribution in [0.2, 0.25) is 0 Å². The first-order valence-corrected chi connectivity index (χ1v) is 6.67. The summed E-state index contributed by atoms with van der Waals surface area (Å²) in [5, 5.41) is 0. The highest BCUT2D eigenvalue weighted by Gasteiger charge is 2.05. The predicted molar refractivity (Wildman–Crippen MR) is 80.8 cm³/mol. The zero-order chi connectivity index (χ0) is 15.2. The van der Waals surface area contributed by atoms with Gasteiger partial charge < -0.3 is 4.74 Å². The van der Waals surface area contributed by atoms with Crippen LogP contribution in [-0.4, -0.2) is 18.8 Å². The third-order valence-corrected chi connectivity index (χ3v) is 2.97. The van der Waals surface area contributed by atoms with E-state index in [1.165, 1.54) is 12.1 Å². The van der Waals surface area contributed by atoms with Crippen molar-refractivity contribution in [3.8, 4) is 0 Å². The molecular weight excluding hydrogens is 269 g/mol. The van der Waals surface area contributed by atoms with Crippen molar-refractivity contribution in [1.82, 2.24) is 0 Å². The van der Waals surface area contributed by atoms with Crippen LogP contribution >= 0.6 is 0 Å². The number of hydrogen-bond acceptors (Lipinski definition) is 3. The minimum absolute atomic E-state index is 0.292. The smallest absolute Gasteiger partial charge is 0.338 e. The minimum atomic E-state index is -0.353. The van der Waals surface area contributed by atoms with Gasteiger partial charge in [0.1, 0.15) is 5.82 Å². The van der Waals surface area contributed by atoms with Crippen LogP contribution < -0.4 is 0 Å². The Morgan fingerprint density at radius 3 is 2.62 bits per heavy atom. The van der Waals surface area contributed by atoms with E-state index in [1.807, 2.05) is 6.92 Å². The summed E-state index contributed by atoms with van der Waals surface area (Å²) in [7, 11) is 0. The molecule has 0 bridgehead atoms. The standard InChI is InChI=1S/C17H16FNO2/c1-3-21-17(20)13-5-8-16(9-6-13)19-11-14-10-15(18)7-4-12(14)2/h4-11H,3H2,1-2H3/b19-11+. The van der Waals surface area contributed by atoms with E-state index in [4.69, 9.17) is 4.74 Å². The molecule has 0 aliphatic carbocycles. The number of benzene rings is 2. The van der Waals surface area contributed by atoms with Gasteiger partial charge in [0, 0.05) is 6.21 Å². The molecule has 2 rings (SSSR count). The molecule has 4 heteroatoms. The summed E-state index contributed by atoms with van der Waals surface area (Å²) in [6, 6.07) is 11.3. The van der Waals surface area contributed by atoms with Crippen molar-refractivity contribution in [2.24, 2.45) is 4.99 Å². The number of ether oxygens (including phenoxy) is 1. The number of carbonyl (C=O) groups excluding carboxylic acids is 1. The van der Waals surface area contributed by atoms with Crippen LogP contribution in [0.1, 0.15) is 28.4 Å². The average Bonchev–Trinajstić information content (AvgIpc) is 2.49. The Morgan fingerprint density at radius 1 is 1.24 bits per heavy atom. The normalized spacial score (nSPS) is 10.8. The first kappa shape index (κ1) is 14.9. The molecule has 21 heavy (non-hydrogen) atoms. The van der Waals surface area contributed by atoms with E-state index in [9.17, 15) is 9.18 Å². The molecule has 2 aromatic rings. The van der Waals surface area contributed by atoms with Crippen LogP contribution in [0.15, 0.2) is 47.5 Å². The van der Waals surface area contributed by atoms with Gasteiger partial charge in [-0.25, -0.2) is 9.18 Å². The molecule has 0 saturated heterocycles. The molecule has 0 N–H and O–H groups in total. The predicted octanol–water partition coefficient (Wildman–Crippen LogP) is 4.06. The summed E-state index contributed by atoms with van der Waals surface area (Å²) >= 11 is 0. The van der Waals surface area contributed by atoms with Gasteiger partial charge in [-0.15, -0.1) is 0 Å². The average molecular weight is 285 g/mol. The second-order valence-electron chi connectivity index (χ2n) is 4.53. The van der Waals surface area contributed by atoms with E-state index >= 15 is 0 Å². The Balaban J connectivity index is 2.14. The number of halogens is 1. The highest BCUT2D eigenvalue weighted by molar-refractivity contribution is 5.90. The third kappa shape index (κ3) is 3.99. The van der Waals surface area contributed by atoms with E-state index < -0.39 is 0 Å². The monoisotopic (exact) mass is 285 g/mol. The first-order valence-electron chi connectivity index (χ1n) is 6.67. The van der Waals surface area contributed by atoms with Crippen LogP contribution in [0.3, 0.4) is 0 Å². The van der Waals surface area contributed by atoms with Crippen molar-refractivity contribution >= 4 is 17.9 Å². The molecular formula is C17H16FNO2. The van der Waals surface area contributed by atoms with E-state index in [2.05, 4.69) is 4.99 Å². The van der Waals surface area contributed by atoms with Crippen molar-refractivity contribution in [2.75, 3.05) is 6.61 Å². The van der Waals surface area contributed by atoms with Gasteiger partial charge in [-0.2, -0.15) is 0 Å². The molecule has 108 valence electrons. The van der Waals surface area contributed by atoms with Crippen LogP contribution in [0.4, 0.5) is 10.1 Å². The molecule has 0 amide bonds. The maximum Gasteiger partial charge on any atom is 0.338 e. The molecule has 0 heterocycles. The molecule has 0 radical (unpaired) electrons. The van der Waals surface area contributed by atoms with Gasteiger partial charge in [0.15, 0.2) is 0 Å². The van der Waals surface area contributed by atoms with Crippen LogP contribution in [0, 0.1) is 12.7 Å². The van der Waals surface area contributed by atoms with E-state index in [0.717, 1.165) is 11.1 Å². The van der Waals surface area contributed by atoms with E-state index in [-0.39, 0.29) is 11.8 Å². The van der Waals surface area contributed by atoms with Crippen molar-refractivity contribution in [3.05, 3.63) is 65.0 Å². The van der Waals surface area contributed by atoms with Gasteiger partial charge in [0.05, 0.1) is 17.9 Å². The molecule has 0 atom stereocenters. The second kappa shape index (κ2) is 6.79. The fourth-order valence-corrected chi connectivity index (χ4v) is 1.79. The quantitative estimate of drug-likeness (QED) is 0.627. The zero-order valence-corrected chi connectivity index (χ0v) is 12.0. The molecule has 0 aliphatic heterocycles. The molecule has 0 aliphatic rings. The lowest BCUT2D eigenvalue weighted by molar-refractivity contribution is 0.0526. The summed E-state index contributed by atoms with van der Waals surface area (Å²) in [5.74, 6) is -0.645. The lowest BCUT2D eigenvalue weighted by Crippen LogP contribution is -2.03. The van der Waals surface area contributed by atoms with Gasteiger partial charge in [-0.05, 0) is 61.4 Å². The number of nitrogens with zero attached hydrogens (tertiary/aromatic N) is 1. The molecule has 0 saturated carbocycles. The summed E-state index contributed by atoms with van der Waals surface area (Å²) in [4.78, 5) is 15.8. The number of carbonyl (C=O) groups is 1. The number of esters is 1. The lowest BCUT2D eigenvalue weighted by Gasteiger charge is -2.02.